The highest BCUT2D eigenvalue weighted by atomic mass is 19.4. The van der Waals surface area contributed by atoms with E-state index in [1.165, 1.54) is 0 Å². The predicted octanol–water partition coefficient (Wildman–Crippen LogP) is 3.30. The molecular weight excluding hydrogens is 257 g/mol. The van der Waals surface area contributed by atoms with E-state index in [2.05, 4.69) is 4.74 Å². The highest BCUT2D eigenvalue weighted by molar-refractivity contribution is 5.76. The quantitative estimate of drug-likeness (QED) is 0.577. The van der Waals surface area contributed by atoms with Crippen LogP contribution in [-0.4, -0.2) is 18.2 Å². The first-order valence-corrected chi connectivity index (χ1v) is 6.02. The maximum absolute atomic E-state index is 12.2. The van der Waals surface area contributed by atoms with E-state index in [4.69, 9.17) is 0 Å². The van der Waals surface area contributed by atoms with Crippen LogP contribution in [0.15, 0.2) is 36.4 Å². The summed E-state index contributed by atoms with van der Waals surface area (Å²) in [7, 11) is 0. The zero-order valence-corrected chi connectivity index (χ0v) is 9.85. The number of hydrogen-bond donors (Lipinski definition) is 0. The molecular formula is C14H11F3O2. The Kier molecular flexibility index (Phi) is 2.66. The number of halogens is 3. The van der Waals surface area contributed by atoms with E-state index in [9.17, 15) is 18.0 Å². The van der Waals surface area contributed by atoms with Crippen molar-refractivity contribution in [3.8, 4) is 0 Å². The van der Waals surface area contributed by atoms with E-state index in [0.717, 1.165) is 11.1 Å². The van der Waals surface area contributed by atoms with Crippen LogP contribution in [0.2, 0.25) is 0 Å². The van der Waals surface area contributed by atoms with Gasteiger partial charge in [-0.3, -0.25) is 0 Å². The summed E-state index contributed by atoms with van der Waals surface area (Å²) in [6, 6.07) is 7.62. The number of ether oxygens (including phenoxy) is 1. The zero-order valence-electron chi connectivity index (χ0n) is 9.85. The average Bonchev–Trinajstić information content (AvgIpc) is 2.67. The standard InChI is InChI=1S/C14H11F3O2/c15-14(16,17)13(18)19-12-6-5-8-7-11(12)10-4-2-1-3-9(8)10/h1-6,8,11-12H,7H2/t8-,11+,12-/m1/s1. The first-order valence-electron chi connectivity index (χ1n) is 6.02. The minimum absolute atomic E-state index is 0.169. The lowest BCUT2D eigenvalue weighted by molar-refractivity contribution is -0.203. The number of benzene rings is 1. The Morgan fingerprint density at radius 3 is 2.53 bits per heavy atom. The van der Waals surface area contributed by atoms with Crippen LogP contribution in [-0.2, 0) is 9.53 Å². The molecule has 19 heavy (non-hydrogen) atoms. The van der Waals surface area contributed by atoms with Crippen molar-refractivity contribution < 1.29 is 22.7 Å². The molecule has 0 aliphatic heterocycles. The van der Waals surface area contributed by atoms with Crippen LogP contribution in [0.1, 0.15) is 29.4 Å². The first kappa shape index (κ1) is 12.3. The number of fused-ring (bicyclic) bond motifs is 5. The highest BCUT2D eigenvalue weighted by Gasteiger charge is 2.45. The molecule has 0 radical (unpaired) electrons. The van der Waals surface area contributed by atoms with Gasteiger partial charge in [0.25, 0.3) is 0 Å². The van der Waals surface area contributed by atoms with E-state index < -0.39 is 18.2 Å². The van der Waals surface area contributed by atoms with Gasteiger partial charge >= 0.3 is 12.1 Å². The SMILES string of the molecule is O=C(O[C@@H]1C=C[C@@H]2C[C@H]1c1ccccc12)C(F)(F)F. The van der Waals surface area contributed by atoms with Crippen molar-refractivity contribution in [1.29, 1.82) is 0 Å². The summed E-state index contributed by atoms with van der Waals surface area (Å²) in [5, 5.41) is 0. The van der Waals surface area contributed by atoms with E-state index in [-0.39, 0.29) is 11.8 Å². The van der Waals surface area contributed by atoms with Crippen molar-refractivity contribution in [3.63, 3.8) is 0 Å². The largest absolute Gasteiger partial charge is 0.490 e. The molecule has 1 aromatic carbocycles. The van der Waals surface area contributed by atoms with Crippen LogP contribution in [0.3, 0.4) is 0 Å². The van der Waals surface area contributed by atoms with Crippen LogP contribution < -0.4 is 0 Å². The maximum atomic E-state index is 12.2. The van der Waals surface area contributed by atoms with Crippen LogP contribution in [0.25, 0.3) is 0 Å². The Morgan fingerprint density at radius 1 is 1.16 bits per heavy atom. The van der Waals surface area contributed by atoms with Gasteiger partial charge in [-0.1, -0.05) is 30.3 Å². The Balaban J connectivity index is 1.86. The summed E-state index contributed by atoms with van der Waals surface area (Å²) in [5.74, 6) is -2.07. The Hall–Kier alpha value is -1.78. The molecule has 100 valence electrons. The number of rotatable bonds is 1. The lowest BCUT2D eigenvalue weighted by Crippen LogP contribution is -2.32. The molecule has 0 saturated carbocycles. The van der Waals surface area contributed by atoms with Gasteiger partial charge in [0.1, 0.15) is 6.10 Å². The average molecular weight is 268 g/mol. The molecule has 0 saturated heterocycles. The van der Waals surface area contributed by atoms with Crippen LogP contribution in [0.4, 0.5) is 13.2 Å². The molecule has 0 unspecified atom stereocenters. The van der Waals surface area contributed by atoms with Crippen molar-refractivity contribution in [3.05, 3.63) is 47.5 Å². The van der Waals surface area contributed by atoms with E-state index in [0.29, 0.717) is 6.42 Å². The number of allylic oxidation sites excluding steroid dienone is 1. The molecule has 0 N–H and O–H groups in total. The van der Waals surface area contributed by atoms with Crippen molar-refractivity contribution in [2.24, 2.45) is 0 Å². The second-order valence-corrected chi connectivity index (χ2v) is 4.83. The molecule has 2 aliphatic carbocycles. The van der Waals surface area contributed by atoms with Crippen molar-refractivity contribution in [2.75, 3.05) is 0 Å². The van der Waals surface area contributed by atoms with Crippen LogP contribution in [0, 0.1) is 0 Å². The number of carbonyl (C=O) groups is 1. The minimum Gasteiger partial charge on any atom is -0.451 e. The molecule has 0 aromatic heterocycles. The molecule has 2 bridgehead atoms. The van der Waals surface area contributed by atoms with Gasteiger partial charge in [-0.2, -0.15) is 13.2 Å². The van der Waals surface area contributed by atoms with Gasteiger partial charge in [0.05, 0.1) is 0 Å². The van der Waals surface area contributed by atoms with Crippen molar-refractivity contribution >= 4 is 5.97 Å². The van der Waals surface area contributed by atoms with Gasteiger partial charge in [-0.15, -0.1) is 0 Å². The minimum atomic E-state index is -4.94. The lowest BCUT2D eigenvalue weighted by atomic mass is 9.90. The van der Waals surface area contributed by atoms with Crippen molar-refractivity contribution in [2.45, 2.75) is 30.5 Å². The van der Waals surface area contributed by atoms with E-state index in [1.807, 2.05) is 30.3 Å². The summed E-state index contributed by atoms with van der Waals surface area (Å²) >= 11 is 0. The van der Waals surface area contributed by atoms with Gasteiger partial charge < -0.3 is 4.74 Å². The molecule has 3 rings (SSSR count). The molecule has 0 spiro atoms. The van der Waals surface area contributed by atoms with Crippen LogP contribution >= 0.6 is 0 Å². The van der Waals surface area contributed by atoms with Crippen LogP contribution in [0.5, 0.6) is 0 Å². The summed E-state index contributed by atoms with van der Waals surface area (Å²) in [6.45, 7) is 0. The topological polar surface area (TPSA) is 26.3 Å². The predicted molar refractivity (Wildman–Crippen MR) is 61.6 cm³/mol. The number of hydrogen-bond acceptors (Lipinski definition) is 2. The molecule has 0 fully saturated rings. The molecule has 0 amide bonds. The smallest absolute Gasteiger partial charge is 0.451 e. The first-order chi connectivity index (χ1) is 8.97. The molecule has 2 nitrogen and oxygen atoms in total. The van der Waals surface area contributed by atoms with Gasteiger partial charge in [-0.05, 0) is 23.6 Å². The summed E-state index contributed by atoms with van der Waals surface area (Å²) in [5.41, 5.74) is 2.10. The van der Waals surface area contributed by atoms with Gasteiger partial charge in [0.15, 0.2) is 0 Å². The second kappa shape index (κ2) is 4.11. The van der Waals surface area contributed by atoms with E-state index in [1.54, 1.807) is 6.08 Å². The Labute approximate surface area is 107 Å². The normalized spacial score (nSPS) is 28.1. The fraction of sp³-hybridized carbons (Fsp3) is 0.357. The van der Waals surface area contributed by atoms with E-state index >= 15 is 0 Å². The third-order valence-corrected chi connectivity index (χ3v) is 3.71. The molecule has 1 aromatic rings. The van der Waals surface area contributed by atoms with Gasteiger partial charge in [-0.25, -0.2) is 4.79 Å². The van der Waals surface area contributed by atoms with Crippen molar-refractivity contribution in [1.82, 2.24) is 0 Å². The maximum Gasteiger partial charge on any atom is 0.490 e. The monoisotopic (exact) mass is 268 g/mol. The van der Waals surface area contributed by atoms with Gasteiger partial charge in [0, 0.05) is 11.8 Å². The summed E-state index contributed by atoms with van der Waals surface area (Å²) < 4.78 is 41.3. The highest BCUT2D eigenvalue weighted by Crippen LogP contribution is 2.48. The summed E-state index contributed by atoms with van der Waals surface area (Å²) in [6.07, 6.45) is -1.66. The zero-order chi connectivity index (χ0) is 13.6. The van der Waals surface area contributed by atoms with Gasteiger partial charge in [0.2, 0.25) is 0 Å². The number of alkyl halides is 3. The Bertz CT molecular complexity index is 548. The fourth-order valence-corrected chi connectivity index (χ4v) is 2.90. The third kappa shape index (κ3) is 2.03. The Morgan fingerprint density at radius 2 is 1.84 bits per heavy atom. The molecule has 0 heterocycles. The number of carbonyl (C=O) groups excluding carboxylic acids is 1. The third-order valence-electron chi connectivity index (χ3n) is 3.71. The fourth-order valence-electron chi connectivity index (χ4n) is 2.90. The second-order valence-electron chi connectivity index (χ2n) is 4.83. The molecule has 5 heteroatoms. The number of esters is 1. The lowest BCUT2D eigenvalue weighted by Gasteiger charge is -2.25. The summed E-state index contributed by atoms with van der Waals surface area (Å²) in [4.78, 5) is 10.9. The molecule has 2 aliphatic rings. The molecule has 3 atom stereocenters.